The molecule has 0 amide bonds. The summed E-state index contributed by atoms with van der Waals surface area (Å²) in [6, 6.07) is 9.09. The van der Waals surface area contributed by atoms with E-state index in [0.717, 1.165) is 11.6 Å². The van der Waals surface area contributed by atoms with Gasteiger partial charge in [0, 0.05) is 17.2 Å². The van der Waals surface area contributed by atoms with Crippen LogP contribution in [0.25, 0.3) is 6.08 Å². The number of benzene rings is 2. The molecular weight excluding hydrogens is 295 g/mol. The van der Waals surface area contributed by atoms with Crippen molar-refractivity contribution >= 4 is 23.6 Å². The molecule has 0 saturated heterocycles. The summed E-state index contributed by atoms with van der Waals surface area (Å²) in [4.78, 5) is 10.5. The van der Waals surface area contributed by atoms with E-state index in [1.54, 1.807) is 24.3 Å². The lowest BCUT2D eigenvalue weighted by Gasteiger charge is -2.08. The van der Waals surface area contributed by atoms with Crippen LogP contribution >= 0.6 is 11.6 Å². The van der Waals surface area contributed by atoms with Gasteiger partial charge < -0.3 is 9.84 Å². The molecule has 0 bridgehead atoms. The average molecular weight is 307 g/mol. The van der Waals surface area contributed by atoms with Gasteiger partial charge in [-0.25, -0.2) is 9.18 Å². The van der Waals surface area contributed by atoms with Gasteiger partial charge in [0.05, 0.1) is 0 Å². The predicted molar refractivity (Wildman–Crippen MR) is 79.3 cm³/mol. The summed E-state index contributed by atoms with van der Waals surface area (Å²) < 4.78 is 19.1. The van der Waals surface area contributed by atoms with Crippen LogP contribution in [-0.4, -0.2) is 11.1 Å². The largest absolute Gasteiger partial charge is 0.478 e. The minimum atomic E-state index is -1.10. The third-order valence-electron chi connectivity index (χ3n) is 2.68. The van der Waals surface area contributed by atoms with Crippen LogP contribution in [0.3, 0.4) is 0 Å². The summed E-state index contributed by atoms with van der Waals surface area (Å²) in [6.07, 6.45) is 2.23. The molecule has 2 rings (SSSR count). The molecule has 0 aliphatic rings. The SMILES string of the molecule is Cc1cc(Oc2cc(F)cc(/C=C/C(=O)O)c2)ccc1Cl. The molecule has 3 nitrogen and oxygen atoms in total. The summed E-state index contributed by atoms with van der Waals surface area (Å²) in [5.41, 5.74) is 1.25. The summed E-state index contributed by atoms with van der Waals surface area (Å²) in [5.74, 6) is -0.810. The molecule has 0 aliphatic heterocycles. The molecule has 0 atom stereocenters. The molecule has 0 saturated carbocycles. The van der Waals surface area contributed by atoms with Crippen molar-refractivity contribution in [2.45, 2.75) is 6.92 Å². The summed E-state index contributed by atoms with van der Waals surface area (Å²) in [6.45, 7) is 1.84. The first-order valence-electron chi connectivity index (χ1n) is 6.09. The zero-order valence-corrected chi connectivity index (χ0v) is 11.9. The number of hydrogen-bond acceptors (Lipinski definition) is 2. The van der Waals surface area contributed by atoms with Crippen LogP contribution in [0.15, 0.2) is 42.5 Å². The van der Waals surface area contributed by atoms with Crippen molar-refractivity contribution < 1.29 is 19.0 Å². The third-order valence-corrected chi connectivity index (χ3v) is 3.10. The Kier molecular flexibility index (Phi) is 4.60. The second-order valence-electron chi connectivity index (χ2n) is 4.40. The van der Waals surface area contributed by atoms with Gasteiger partial charge in [-0.2, -0.15) is 0 Å². The fraction of sp³-hybridized carbons (Fsp3) is 0.0625. The van der Waals surface area contributed by atoms with E-state index in [2.05, 4.69) is 0 Å². The van der Waals surface area contributed by atoms with E-state index in [0.29, 0.717) is 16.3 Å². The van der Waals surface area contributed by atoms with E-state index in [4.69, 9.17) is 21.4 Å². The quantitative estimate of drug-likeness (QED) is 0.834. The molecule has 2 aromatic rings. The first-order chi connectivity index (χ1) is 9.94. The second kappa shape index (κ2) is 6.41. The molecule has 2 aromatic carbocycles. The van der Waals surface area contributed by atoms with Gasteiger partial charge in [-0.3, -0.25) is 0 Å². The molecule has 0 heterocycles. The van der Waals surface area contributed by atoms with Crippen molar-refractivity contribution in [3.63, 3.8) is 0 Å². The molecule has 21 heavy (non-hydrogen) atoms. The molecule has 5 heteroatoms. The second-order valence-corrected chi connectivity index (χ2v) is 4.81. The van der Waals surface area contributed by atoms with Gasteiger partial charge in [0.15, 0.2) is 0 Å². The first kappa shape index (κ1) is 15.1. The topological polar surface area (TPSA) is 46.5 Å². The van der Waals surface area contributed by atoms with Crippen molar-refractivity contribution in [1.29, 1.82) is 0 Å². The van der Waals surface area contributed by atoms with Crippen molar-refractivity contribution in [1.82, 2.24) is 0 Å². The third kappa shape index (κ3) is 4.33. The zero-order valence-electron chi connectivity index (χ0n) is 11.1. The van der Waals surface area contributed by atoms with Crippen LogP contribution in [0.5, 0.6) is 11.5 Å². The fourth-order valence-electron chi connectivity index (χ4n) is 1.72. The molecule has 0 spiro atoms. The van der Waals surface area contributed by atoms with Gasteiger partial charge in [0.1, 0.15) is 17.3 Å². The van der Waals surface area contributed by atoms with Crippen molar-refractivity contribution in [2.24, 2.45) is 0 Å². The van der Waals surface area contributed by atoms with Crippen LogP contribution in [-0.2, 0) is 4.79 Å². The summed E-state index contributed by atoms with van der Waals surface area (Å²) in [7, 11) is 0. The molecular formula is C16H12ClFO3. The lowest BCUT2D eigenvalue weighted by atomic mass is 10.2. The highest BCUT2D eigenvalue weighted by molar-refractivity contribution is 6.31. The van der Waals surface area contributed by atoms with E-state index >= 15 is 0 Å². The van der Waals surface area contributed by atoms with Crippen LogP contribution in [0.2, 0.25) is 5.02 Å². The van der Waals surface area contributed by atoms with Gasteiger partial charge in [-0.1, -0.05) is 11.6 Å². The Morgan fingerprint density at radius 2 is 2.00 bits per heavy atom. The Labute approximate surface area is 126 Å². The number of carbonyl (C=O) groups is 1. The lowest BCUT2D eigenvalue weighted by Crippen LogP contribution is -1.89. The molecule has 0 aliphatic carbocycles. The molecule has 108 valence electrons. The minimum absolute atomic E-state index is 0.279. The number of carboxylic acids is 1. The Bertz CT molecular complexity index is 711. The van der Waals surface area contributed by atoms with Crippen LogP contribution in [0, 0.1) is 12.7 Å². The van der Waals surface area contributed by atoms with Gasteiger partial charge in [0.2, 0.25) is 0 Å². The Morgan fingerprint density at radius 3 is 2.67 bits per heavy atom. The summed E-state index contributed by atoms with van der Waals surface area (Å²) >= 11 is 5.92. The smallest absolute Gasteiger partial charge is 0.328 e. The molecule has 0 aromatic heterocycles. The number of carboxylic acid groups (broad SMARTS) is 1. The maximum absolute atomic E-state index is 13.5. The van der Waals surface area contributed by atoms with Gasteiger partial charge in [-0.05, 0) is 54.5 Å². The Hall–Kier alpha value is -2.33. The van der Waals surface area contributed by atoms with Gasteiger partial charge in [-0.15, -0.1) is 0 Å². The van der Waals surface area contributed by atoms with Crippen molar-refractivity contribution in [3.8, 4) is 11.5 Å². The van der Waals surface area contributed by atoms with E-state index in [-0.39, 0.29) is 5.75 Å². The van der Waals surface area contributed by atoms with E-state index in [9.17, 15) is 9.18 Å². The molecule has 0 unspecified atom stereocenters. The highest BCUT2D eigenvalue weighted by Gasteiger charge is 2.04. The monoisotopic (exact) mass is 306 g/mol. The number of hydrogen-bond donors (Lipinski definition) is 1. The minimum Gasteiger partial charge on any atom is -0.478 e. The van der Waals surface area contributed by atoms with E-state index < -0.39 is 11.8 Å². The Morgan fingerprint density at radius 1 is 1.24 bits per heavy atom. The van der Waals surface area contributed by atoms with Crippen LogP contribution in [0.4, 0.5) is 4.39 Å². The predicted octanol–water partition coefficient (Wildman–Crippen LogP) is 4.68. The van der Waals surface area contributed by atoms with Gasteiger partial charge >= 0.3 is 5.97 Å². The maximum Gasteiger partial charge on any atom is 0.328 e. The van der Waals surface area contributed by atoms with E-state index in [1.165, 1.54) is 18.2 Å². The Balaban J connectivity index is 2.27. The highest BCUT2D eigenvalue weighted by Crippen LogP contribution is 2.27. The number of ether oxygens (including phenoxy) is 1. The fourth-order valence-corrected chi connectivity index (χ4v) is 1.84. The van der Waals surface area contributed by atoms with Crippen molar-refractivity contribution in [2.75, 3.05) is 0 Å². The normalized spacial score (nSPS) is 10.8. The summed E-state index contributed by atoms with van der Waals surface area (Å²) in [5, 5.41) is 9.20. The molecule has 0 radical (unpaired) electrons. The highest BCUT2D eigenvalue weighted by atomic mass is 35.5. The molecule has 1 N–H and O–H groups in total. The average Bonchev–Trinajstić information content (AvgIpc) is 2.40. The van der Waals surface area contributed by atoms with Crippen molar-refractivity contribution in [3.05, 3.63) is 64.4 Å². The van der Waals surface area contributed by atoms with Crippen LogP contribution < -0.4 is 4.74 Å². The van der Waals surface area contributed by atoms with Gasteiger partial charge in [0.25, 0.3) is 0 Å². The maximum atomic E-state index is 13.5. The number of halogens is 2. The number of rotatable bonds is 4. The zero-order chi connectivity index (χ0) is 15.4. The lowest BCUT2D eigenvalue weighted by molar-refractivity contribution is -0.131. The molecule has 0 fully saturated rings. The first-order valence-corrected chi connectivity index (χ1v) is 6.47. The number of aliphatic carboxylic acids is 1. The van der Waals surface area contributed by atoms with Crippen LogP contribution in [0.1, 0.15) is 11.1 Å². The van der Waals surface area contributed by atoms with E-state index in [1.807, 2.05) is 6.92 Å². The standard InChI is InChI=1S/C16H12ClFO3/c1-10-6-13(3-4-15(10)17)21-14-8-11(2-5-16(19)20)7-12(18)9-14/h2-9H,1H3,(H,19,20)/b5-2+. The number of aryl methyl sites for hydroxylation is 1.